The molecule has 0 N–H and O–H groups in total. The van der Waals surface area contributed by atoms with Gasteiger partial charge in [-0.05, 0) is 36.5 Å². The minimum atomic E-state index is -0.850. The van der Waals surface area contributed by atoms with Gasteiger partial charge in [-0.15, -0.1) is 0 Å². The van der Waals surface area contributed by atoms with E-state index in [-0.39, 0.29) is 18.0 Å². The molecule has 0 amide bonds. The summed E-state index contributed by atoms with van der Waals surface area (Å²) in [5.74, 6) is 0.920. The Morgan fingerprint density at radius 1 is 1.24 bits per heavy atom. The molecule has 1 aromatic carbocycles. The van der Waals surface area contributed by atoms with E-state index in [0.717, 1.165) is 12.2 Å². The van der Waals surface area contributed by atoms with E-state index in [1.807, 2.05) is 36.4 Å². The first-order chi connectivity index (χ1) is 12.2. The van der Waals surface area contributed by atoms with E-state index < -0.39 is 5.79 Å². The van der Waals surface area contributed by atoms with Crippen LogP contribution in [-0.4, -0.2) is 37.7 Å². The van der Waals surface area contributed by atoms with Gasteiger partial charge in [-0.25, -0.2) is 0 Å². The average molecular weight is 344 g/mol. The highest BCUT2D eigenvalue weighted by Crippen LogP contribution is 2.45. The molecule has 134 valence electrons. The van der Waals surface area contributed by atoms with E-state index in [9.17, 15) is 4.79 Å². The molecule has 0 aromatic heterocycles. The normalized spacial score (nSPS) is 33.6. The van der Waals surface area contributed by atoms with Crippen LogP contribution in [0.1, 0.15) is 19.8 Å². The van der Waals surface area contributed by atoms with Crippen LogP contribution in [0.2, 0.25) is 0 Å². The second kappa shape index (κ2) is 6.81. The van der Waals surface area contributed by atoms with Crippen LogP contribution in [0.25, 0.3) is 0 Å². The van der Waals surface area contributed by atoms with Crippen molar-refractivity contribution in [2.24, 2.45) is 17.8 Å². The average Bonchev–Trinajstić information content (AvgIpc) is 3.28. The zero-order valence-corrected chi connectivity index (χ0v) is 14.4. The summed E-state index contributed by atoms with van der Waals surface area (Å²) in [5, 5.41) is 0. The lowest BCUT2D eigenvalue weighted by Crippen LogP contribution is -2.35. The van der Waals surface area contributed by atoms with Crippen LogP contribution >= 0.6 is 0 Å². The number of carbonyl (C=O) groups is 1. The van der Waals surface area contributed by atoms with Crippen molar-refractivity contribution < 1.29 is 23.7 Å². The maximum absolute atomic E-state index is 11.6. The fourth-order valence-corrected chi connectivity index (χ4v) is 4.17. The maximum atomic E-state index is 11.6. The number of hydrogen-bond donors (Lipinski definition) is 0. The summed E-state index contributed by atoms with van der Waals surface area (Å²) in [6.45, 7) is 3.62. The Bertz CT molecular complexity index is 635. The van der Waals surface area contributed by atoms with Gasteiger partial charge < -0.3 is 18.9 Å². The smallest absolute Gasteiger partial charge is 0.306 e. The molecule has 0 bridgehead atoms. The van der Waals surface area contributed by atoms with E-state index in [4.69, 9.17) is 18.9 Å². The molecular formula is C20H24O5. The van der Waals surface area contributed by atoms with Crippen molar-refractivity contribution in [2.45, 2.75) is 31.7 Å². The Morgan fingerprint density at radius 3 is 2.76 bits per heavy atom. The van der Waals surface area contributed by atoms with Crippen molar-refractivity contribution in [2.75, 3.05) is 19.8 Å². The van der Waals surface area contributed by atoms with Crippen LogP contribution in [0.3, 0.4) is 0 Å². The predicted molar refractivity (Wildman–Crippen MR) is 91.0 cm³/mol. The predicted octanol–water partition coefficient (Wildman–Crippen LogP) is 2.95. The summed E-state index contributed by atoms with van der Waals surface area (Å²) in [6.07, 6.45) is 5.64. The van der Waals surface area contributed by atoms with E-state index in [2.05, 4.69) is 13.0 Å². The second-order valence-electron chi connectivity index (χ2n) is 7.16. The van der Waals surface area contributed by atoms with Crippen LogP contribution in [0, 0.1) is 17.8 Å². The van der Waals surface area contributed by atoms with E-state index >= 15 is 0 Å². The van der Waals surface area contributed by atoms with Gasteiger partial charge in [0.05, 0.1) is 19.6 Å². The van der Waals surface area contributed by atoms with Gasteiger partial charge >= 0.3 is 5.97 Å². The summed E-state index contributed by atoms with van der Waals surface area (Å²) in [6, 6.07) is 9.65. The summed E-state index contributed by atoms with van der Waals surface area (Å²) in [7, 11) is 0. The number of allylic oxidation sites excluding steroid dienone is 1. The molecule has 2 saturated heterocycles. The number of ether oxygens (including phenoxy) is 4. The minimum Gasteiger partial charge on any atom is -0.488 e. The summed E-state index contributed by atoms with van der Waals surface area (Å²) >= 11 is 0. The third-order valence-electron chi connectivity index (χ3n) is 5.45. The maximum Gasteiger partial charge on any atom is 0.306 e. The van der Waals surface area contributed by atoms with E-state index in [0.29, 0.717) is 38.1 Å². The highest BCUT2D eigenvalue weighted by atomic mass is 16.8. The van der Waals surface area contributed by atoms with Crippen LogP contribution in [-0.2, 0) is 19.0 Å². The Kier molecular flexibility index (Phi) is 4.52. The Labute approximate surface area is 147 Å². The lowest BCUT2D eigenvalue weighted by atomic mass is 9.88. The molecule has 3 aliphatic rings. The Morgan fingerprint density at radius 2 is 2.00 bits per heavy atom. The third-order valence-corrected chi connectivity index (χ3v) is 5.45. The molecule has 0 radical (unpaired) electrons. The molecule has 4 atom stereocenters. The van der Waals surface area contributed by atoms with E-state index in [1.165, 1.54) is 0 Å². The SMILES string of the molecule is CC1CC2OC(=O)CC2C1/C=C/C1(COc2ccccc2)OCCO1. The summed E-state index contributed by atoms with van der Waals surface area (Å²) in [4.78, 5) is 11.6. The van der Waals surface area contributed by atoms with Gasteiger partial charge in [-0.2, -0.15) is 0 Å². The zero-order valence-electron chi connectivity index (χ0n) is 14.4. The Hall–Kier alpha value is -1.85. The molecule has 0 spiro atoms. The highest BCUT2D eigenvalue weighted by molar-refractivity contribution is 5.72. The zero-order chi connectivity index (χ0) is 17.3. The molecule has 4 unspecified atom stereocenters. The molecule has 3 fully saturated rings. The minimum absolute atomic E-state index is 0.0686. The third kappa shape index (κ3) is 3.44. The molecule has 2 heterocycles. The quantitative estimate of drug-likeness (QED) is 0.607. The van der Waals surface area contributed by atoms with Gasteiger partial charge in [0, 0.05) is 5.92 Å². The first kappa shape index (κ1) is 16.6. The van der Waals surface area contributed by atoms with Crippen molar-refractivity contribution in [1.29, 1.82) is 0 Å². The van der Waals surface area contributed by atoms with Crippen molar-refractivity contribution >= 4 is 5.97 Å². The lowest BCUT2D eigenvalue weighted by molar-refractivity contribution is -0.141. The topological polar surface area (TPSA) is 54.0 Å². The number of fused-ring (bicyclic) bond motifs is 1. The van der Waals surface area contributed by atoms with E-state index in [1.54, 1.807) is 0 Å². The molecule has 1 saturated carbocycles. The van der Waals surface area contributed by atoms with Crippen LogP contribution < -0.4 is 4.74 Å². The first-order valence-electron chi connectivity index (χ1n) is 9.00. The monoisotopic (exact) mass is 344 g/mol. The number of para-hydroxylation sites is 1. The largest absolute Gasteiger partial charge is 0.488 e. The van der Waals surface area contributed by atoms with Crippen molar-refractivity contribution in [3.05, 3.63) is 42.5 Å². The first-order valence-corrected chi connectivity index (χ1v) is 9.00. The molecule has 2 aliphatic heterocycles. The lowest BCUT2D eigenvalue weighted by Gasteiger charge is -2.25. The van der Waals surface area contributed by atoms with Crippen LogP contribution in [0.15, 0.2) is 42.5 Å². The van der Waals surface area contributed by atoms with Gasteiger partial charge in [0.2, 0.25) is 5.79 Å². The number of carbonyl (C=O) groups excluding carboxylic acids is 1. The number of rotatable bonds is 5. The molecule has 25 heavy (non-hydrogen) atoms. The van der Waals surface area contributed by atoms with Crippen molar-refractivity contribution in [3.8, 4) is 5.75 Å². The molecule has 1 aromatic rings. The van der Waals surface area contributed by atoms with Crippen LogP contribution in [0.4, 0.5) is 0 Å². The van der Waals surface area contributed by atoms with Crippen molar-refractivity contribution in [1.82, 2.24) is 0 Å². The van der Waals surface area contributed by atoms with Gasteiger partial charge in [0.25, 0.3) is 0 Å². The summed E-state index contributed by atoms with van der Waals surface area (Å²) < 4.78 is 23.0. The highest BCUT2D eigenvalue weighted by Gasteiger charge is 2.48. The molecule has 5 heteroatoms. The fraction of sp³-hybridized carbons (Fsp3) is 0.550. The van der Waals surface area contributed by atoms with Gasteiger partial charge in [0.15, 0.2) is 0 Å². The number of esters is 1. The molecule has 5 nitrogen and oxygen atoms in total. The molecular weight excluding hydrogens is 320 g/mol. The molecule has 4 rings (SSSR count). The summed E-state index contributed by atoms with van der Waals surface area (Å²) in [5.41, 5.74) is 0. The van der Waals surface area contributed by atoms with Gasteiger partial charge in [-0.1, -0.05) is 31.2 Å². The van der Waals surface area contributed by atoms with Crippen LogP contribution in [0.5, 0.6) is 5.75 Å². The van der Waals surface area contributed by atoms with Gasteiger partial charge in [-0.3, -0.25) is 4.79 Å². The number of benzene rings is 1. The van der Waals surface area contributed by atoms with Gasteiger partial charge in [0.1, 0.15) is 18.5 Å². The number of hydrogen-bond acceptors (Lipinski definition) is 5. The second-order valence-corrected chi connectivity index (χ2v) is 7.16. The Balaban J connectivity index is 1.46. The van der Waals surface area contributed by atoms with Crippen molar-refractivity contribution in [3.63, 3.8) is 0 Å². The standard InChI is InChI=1S/C20H24O5/c1-14-11-18-17(12-19(21)25-18)16(14)7-8-20(23-9-10-24-20)13-22-15-5-3-2-4-6-15/h2-8,14,16-18H,9-13H2,1H3/b8-7+. The molecule has 1 aliphatic carbocycles. The fourth-order valence-electron chi connectivity index (χ4n) is 4.17.